The minimum atomic E-state index is -0.223. The average Bonchev–Trinajstić information content (AvgIpc) is 2.62. The SMILES string of the molecule is CC1(C)CC(SCc2cc(Cl)c(O)cc2Cl)=NO1. The first-order valence-corrected chi connectivity index (χ1v) is 7.16. The van der Waals surface area contributed by atoms with E-state index in [9.17, 15) is 5.11 Å². The molecule has 0 radical (unpaired) electrons. The van der Waals surface area contributed by atoms with Crippen LogP contribution in [-0.4, -0.2) is 15.8 Å². The Balaban J connectivity index is 2.01. The third-order valence-electron chi connectivity index (χ3n) is 2.48. The summed E-state index contributed by atoms with van der Waals surface area (Å²) in [5.41, 5.74) is 0.649. The maximum atomic E-state index is 9.41. The van der Waals surface area contributed by atoms with Crippen LogP contribution in [-0.2, 0) is 10.6 Å². The molecule has 0 aliphatic carbocycles. The van der Waals surface area contributed by atoms with Gasteiger partial charge in [0.2, 0.25) is 0 Å². The van der Waals surface area contributed by atoms with Crippen LogP contribution in [0.3, 0.4) is 0 Å². The highest BCUT2D eigenvalue weighted by Crippen LogP contribution is 2.34. The number of thioether (sulfide) groups is 1. The van der Waals surface area contributed by atoms with Gasteiger partial charge in [-0.2, -0.15) is 0 Å². The predicted molar refractivity (Wildman–Crippen MR) is 76.6 cm³/mol. The number of nitrogens with zero attached hydrogens (tertiary/aromatic N) is 1. The van der Waals surface area contributed by atoms with Crippen molar-refractivity contribution in [1.29, 1.82) is 0 Å². The third-order valence-corrected chi connectivity index (χ3v) is 4.14. The molecular weight excluding hydrogens is 293 g/mol. The highest BCUT2D eigenvalue weighted by Gasteiger charge is 2.29. The monoisotopic (exact) mass is 305 g/mol. The van der Waals surface area contributed by atoms with Gasteiger partial charge in [0.25, 0.3) is 0 Å². The van der Waals surface area contributed by atoms with Crippen molar-refractivity contribution in [1.82, 2.24) is 0 Å². The van der Waals surface area contributed by atoms with E-state index >= 15 is 0 Å². The van der Waals surface area contributed by atoms with Crippen LogP contribution in [0.15, 0.2) is 17.3 Å². The normalized spacial score (nSPS) is 17.4. The molecule has 1 aromatic carbocycles. The molecule has 0 fully saturated rings. The second-order valence-corrected chi connectivity index (χ2v) is 6.56. The van der Waals surface area contributed by atoms with E-state index in [2.05, 4.69) is 5.16 Å². The van der Waals surface area contributed by atoms with Crippen molar-refractivity contribution in [3.63, 3.8) is 0 Å². The van der Waals surface area contributed by atoms with Gasteiger partial charge < -0.3 is 9.94 Å². The van der Waals surface area contributed by atoms with Crippen molar-refractivity contribution in [3.8, 4) is 5.75 Å². The molecule has 6 heteroatoms. The number of phenols is 1. The lowest BCUT2D eigenvalue weighted by atomic mass is 10.1. The van der Waals surface area contributed by atoms with E-state index in [1.54, 1.807) is 17.8 Å². The van der Waals surface area contributed by atoms with Crippen molar-refractivity contribution < 1.29 is 9.94 Å². The molecule has 1 aliphatic heterocycles. The molecule has 0 amide bonds. The number of phenolic OH excluding ortho intramolecular Hbond substituents is 1. The molecule has 0 saturated carbocycles. The van der Waals surface area contributed by atoms with Crippen molar-refractivity contribution in [2.24, 2.45) is 5.16 Å². The molecule has 1 aliphatic rings. The second kappa shape index (κ2) is 5.19. The van der Waals surface area contributed by atoms with Gasteiger partial charge in [-0.1, -0.05) is 28.4 Å². The van der Waals surface area contributed by atoms with Gasteiger partial charge in [0.05, 0.1) is 5.02 Å². The summed E-state index contributed by atoms with van der Waals surface area (Å²) >= 11 is 13.5. The van der Waals surface area contributed by atoms with Crippen LogP contribution in [0, 0.1) is 0 Å². The van der Waals surface area contributed by atoms with Gasteiger partial charge in [0.1, 0.15) is 16.4 Å². The highest BCUT2D eigenvalue weighted by atomic mass is 35.5. The van der Waals surface area contributed by atoms with E-state index in [4.69, 9.17) is 28.0 Å². The molecule has 2 rings (SSSR count). The summed E-state index contributed by atoms with van der Waals surface area (Å²) in [4.78, 5) is 5.28. The van der Waals surface area contributed by atoms with E-state index in [-0.39, 0.29) is 11.4 Å². The summed E-state index contributed by atoms with van der Waals surface area (Å²) in [5, 5.41) is 15.2. The molecule has 98 valence electrons. The molecule has 0 unspecified atom stereocenters. The number of hydrogen-bond donors (Lipinski definition) is 1. The molecule has 1 heterocycles. The van der Waals surface area contributed by atoms with E-state index in [1.807, 2.05) is 13.8 Å². The van der Waals surface area contributed by atoms with Crippen LogP contribution < -0.4 is 0 Å². The quantitative estimate of drug-likeness (QED) is 0.878. The maximum absolute atomic E-state index is 9.41. The zero-order valence-electron chi connectivity index (χ0n) is 10.0. The first kappa shape index (κ1) is 13.8. The predicted octanol–water partition coefficient (Wildman–Crippen LogP) is 4.44. The largest absolute Gasteiger partial charge is 0.506 e. The summed E-state index contributed by atoms with van der Waals surface area (Å²) < 4.78 is 0. The van der Waals surface area contributed by atoms with Crippen molar-refractivity contribution in [3.05, 3.63) is 27.7 Å². The minimum Gasteiger partial charge on any atom is -0.506 e. The summed E-state index contributed by atoms with van der Waals surface area (Å²) in [5.74, 6) is 0.648. The maximum Gasteiger partial charge on any atom is 0.138 e. The van der Waals surface area contributed by atoms with Crippen molar-refractivity contribution >= 4 is 40.0 Å². The lowest BCUT2D eigenvalue weighted by Crippen LogP contribution is -2.18. The molecule has 0 aromatic heterocycles. The zero-order valence-corrected chi connectivity index (χ0v) is 12.4. The molecule has 3 nitrogen and oxygen atoms in total. The summed E-state index contributed by atoms with van der Waals surface area (Å²) in [6, 6.07) is 3.13. The average molecular weight is 306 g/mol. The third kappa shape index (κ3) is 3.25. The van der Waals surface area contributed by atoms with Gasteiger partial charge in [-0.3, -0.25) is 0 Å². The number of benzene rings is 1. The second-order valence-electron chi connectivity index (χ2n) is 4.70. The van der Waals surface area contributed by atoms with E-state index in [1.165, 1.54) is 6.07 Å². The van der Waals surface area contributed by atoms with E-state index in [0.29, 0.717) is 15.8 Å². The Kier molecular flexibility index (Phi) is 3.99. The number of aromatic hydroxyl groups is 1. The number of oxime groups is 1. The summed E-state index contributed by atoms with van der Waals surface area (Å²) in [7, 11) is 0. The molecule has 0 spiro atoms. The summed E-state index contributed by atoms with van der Waals surface area (Å²) in [6.07, 6.45) is 0.793. The standard InChI is InChI=1S/C12H13Cl2NO2S/c1-12(2)5-11(15-17-12)18-6-7-3-9(14)10(16)4-8(7)13/h3-4,16H,5-6H2,1-2H3. The number of rotatable bonds is 2. The summed E-state index contributed by atoms with van der Waals surface area (Å²) in [6.45, 7) is 3.99. The van der Waals surface area contributed by atoms with E-state index in [0.717, 1.165) is 17.0 Å². The Bertz CT molecular complexity index is 503. The fourth-order valence-electron chi connectivity index (χ4n) is 1.53. The van der Waals surface area contributed by atoms with Crippen molar-refractivity contribution in [2.45, 2.75) is 31.6 Å². The molecule has 0 saturated heterocycles. The van der Waals surface area contributed by atoms with Crippen LogP contribution in [0.4, 0.5) is 0 Å². The first-order valence-electron chi connectivity index (χ1n) is 5.42. The molecule has 0 atom stereocenters. The van der Waals surface area contributed by atoms with Gasteiger partial charge in [-0.05, 0) is 25.5 Å². The van der Waals surface area contributed by atoms with Crippen LogP contribution >= 0.6 is 35.0 Å². The van der Waals surface area contributed by atoms with Crippen LogP contribution in [0.2, 0.25) is 10.0 Å². The van der Waals surface area contributed by atoms with Crippen LogP contribution in [0.5, 0.6) is 5.75 Å². The molecule has 1 aromatic rings. The van der Waals surface area contributed by atoms with E-state index < -0.39 is 0 Å². The van der Waals surface area contributed by atoms with Gasteiger partial charge in [0, 0.05) is 23.3 Å². The lowest BCUT2D eigenvalue weighted by Gasteiger charge is -2.13. The molecule has 1 N–H and O–H groups in total. The van der Waals surface area contributed by atoms with Crippen LogP contribution in [0.1, 0.15) is 25.8 Å². The molecule has 0 bridgehead atoms. The lowest BCUT2D eigenvalue weighted by molar-refractivity contribution is 0.0123. The van der Waals surface area contributed by atoms with Gasteiger partial charge in [0.15, 0.2) is 0 Å². The molecule has 18 heavy (non-hydrogen) atoms. The Morgan fingerprint density at radius 1 is 1.39 bits per heavy atom. The van der Waals surface area contributed by atoms with Gasteiger partial charge in [-0.15, -0.1) is 11.8 Å². The zero-order chi connectivity index (χ0) is 13.3. The minimum absolute atomic E-state index is 0.00177. The topological polar surface area (TPSA) is 41.8 Å². The van der Waals surface area contributed by atoms with Gasteiger partial charge in [-0.25, -0.2) is 0 Å². The highest BCUT2D eigenvalue weighted by molar-refractivity contribution is 8.13. The van der Waals surface area contributed by atoms with Crippen LogP contribution in [0.25, 0.3) is 0 Å². The fraction of sp³-hybridized carbons (Fsp3) is 0.417. The first-order chi connectivity index (χ1) is 8.37. The molecular formula is C12H13Cl2NO2S. The van der Waals surface area contributed by atoms with Crippen molar-refractivity contribution in [2.75, 3.05) is 0 Å². The Hall–Kier alpha value is -0.580. The smallest absolute Gasteiger partial charge is 0.138 e. The fourth-order valence-corrected chi connectivity index (χ4v) is 3.12. The number of halogens is 2. The Morgan fingerprint density at radius 2 is 2.11 bits per heavy atom. The Labute approximate surface area is 120 Å². The van der Waals surface area contributed by atoms with Gasteiger partial charge >= 0.3 is 0 Å². The Morgan fingerprint density at radius 3 is 2.72 bits per heavy atom. The number of hydrogen-bond acceptors (Lipinski definition) is 4.